The number of nitrogens with zero attached hydrogens (tertiary/aromatic N) is 2. The molecule has 0 radical (unpaired) electrons. The van der Waals surface area contributed by atoms with E-state index in [0.717, 1.165) is 29.9 Å². The van der Waals surface area contributed by atoms with Gasteiger partial charge in [-0.25, -0.2) is 4.98 Å². The van der Waals surface area contributed by atoms with Gasteiger partial charge in [0.05, 0.1) is 6.10 Å². The minimum atomic E-state index is 0.366. The second-order valence-electron chi connectivity index (χ2n) is 5.46. The third-order valence-electron chi connectivity index (χ3n) is 4.14. The van der Waals surface area contributed by atoms with Crippen molar-refractivity contribution in [1.82, 2.24) is 9.55 Å². The monoisotopic (exact) mass is 271 g/mol. The van der Waals surface area contributed by atoms with E-state index >= 15 is 0 Å². The highest BCUT2D eigenvalue weighted by molar-refractivity contribution is 5.61. The quantitative estimate of drug-likeness (QED) is 0.872. The molecule has 1 aromatic carbocycles. The highest BCUT2D eigenvalue weighted by Gasteiger charge is 2.24. The molecule has 1 aliphatic rings. The lowest BCUT2D eigenvalue weighted by molar-refractivity contribution is 0.0533. The summed E-state index contributed by atoms with van der Waals surface area (Å²) in [6.07, 6.45) is 8.92. The summed E-state index contributed by atoms with van der Waals surface area (Å²) in [5.41, 5.74) is 7.73. The van der Waals surface area contributed by atoms with Crippen LogP contribution in [0.5, 0.6) is 0 Å². The van der Waals surface area contributed by atoms with Crippen LogP contribution >= 0.6 is 0 Å². The minimum Gasteiger partial charge on any atom is -0.399 e. The van der Waals surface area contributed by atoms with Gasteiger partial charge in [-0.15, -0.1) is 0 Å². The number of hydrogen-bond acceptors (Lipinski definition) is 3. The number of nitrogens with two attached hydrogens (primary N) is 1. The van der Waals surface area contributed by atoms with Crippen molar-refractivity contribution in [3.8, 4) is 11.4 Å². The molecular formula is C16H21N3O. The fourth-order valence-electron chi connectivity index (χ4n) is 3.10. The van der Waals surface area contributed by atoms with Crippen molar-refractivity contribution < 1.29 is 4.74 Å². The molecule has 4 heteroatoms. The zero-order valence-electron chi connectivity index (χ0n) is 11.8. The van der Waals surface area contributed by atoms with Gasteiger partial charge < -0.3 is 15.0 Å². The Kier molecular flexibility index (Phi) is 3.74. The SMILES string of the molecule is COC1CCCC(n2ccnc2-c2cccc(N)c2)C1. The van der Waals surface area contributed by atoms with Crippen LogP contribution in [-0.2, 0) is 4.74 Å². The fraction of sp³-hybridized carbons (Fsp3) is 0.438. The fourth-order valence-corrected chi connectivity index (χ4v) is 3.10. The molecule has 4 nitrogen and oxygen atoms in total. The van der Waals surface area contributed by atoms with Crippen LogP contribution in [-0.4, -0.2) is 22.8 Å². The van der Waals surface area contributed by atoms with Crippen molar-refractivity contribution in [2.24, 2.45) is 0 Å². The van der Waals surface area contributed by atoms with E-state index in [2.05, 4.69) is 21.8 Å². The Labute approximate surface area is 119 Å². The van der Waals surface area contributed by atoms with Crippen molar-refractivity contribution in [1.29, 1.82) is 0 Å². The lowest BCUT2D eigenvalue weighted by Crippen LogP contribution is -2.24. The van der Waals surface area contributed by atoms with Gasteiger partial charge in [0.25, 0.3) is 0 Å². The number of ether oxygens (including phenoxy) is 1. The van der Waals surface area contributed by atoms with Gasteiger partial charge in [-0.1, -0.05) is 12.1 Å². The first-order valence-electron chi connectivity index (χ1n) is 7.19. The molecule has 0 bridgehead atoms. The minimum absolute atomic E-state index is 0.366. The topological polar surface area (TPSA) is 53.1 Å². The summed E-state index contributed by atoms with van der Waals surface area (Å²) in [4.78, 5) is 4.52. The zero-order chi connectivity index (χ0) is 13.9. The Bertz CT molecular complexity index is 579. The normalized spacial score (nSPS) is 22.9. The van der Waals surface area contributed by atoms with Gasteiger partial charge in [-0.3, -0.25) is 0 Å². The zero-order valence-corrected chi connectivity index (χ0v) is 11.8. The number of anilines is 1. The van der Waals surface area contributed by atoms with E-state index in [-0.39, 0.29) is 0 Å². The lowest BCUT2D eigenvalue weighted by atomic mass is 9.92. The average molecular weight is 271 g/mol. The van der Waals surface area contributed by atoms with Crippen LogP contribution in [0, 0.1) is 0 Å². The predicted molar refractivity (Wildman–Crippen MR) is 80.4 cm³/mol. The molecule has 1 saturated carbocycles. The van der Waals surface area contributed by atoms with Crippen LogP contribution in [0.4, 0.5) is 5.69 Å². The van der Waals surface area contributed by atoms with Gasteiger partial charge in [0.15, 0.2) is 0 Å². The summed E-state index contributed by atoms with van der Waals surface area (Å²) in [6.45, 7) is 0. The highest BCUT2D eigenvalue weighted by Crippen LogP contribution is 2.33. The Balaban J connectivity index is 1.90. The molecule has 2 N–H and O–H groups in total. The van der Waals surface area contributed by atoms with Crippen molar-refractivity contribution in [2.75, 3.05) is 12.8 Å². The molecular weight excluding hydrogens is 250 g/mol. The van der Waals surface area contributed by atoms with E-state index in [1.165, 1.54) is 12.8 Å². The molecule has 2 aromatic rings. The van der Waals surface area contributed by atoms with Gasteiger partial charge in [0.1, 0.15) is 5.82 Å². The molecule has 0 amide bonds. The molecule has 0 saturated heterocycles. The number of hydrogen-bond donors (Lipinski definition) is 1. The maximum Gasteiger partial charge on any atom is 0.140 e. The summed E-state index contributed by atoms with van der Waals surface area (Å²) in [7, 11) is 1.81. The Morgan fingerprint density at radius 2 is 2.25 bits per heavy atom. The maximum absolute atomic E-state index is 5.88. The summed E-state index contributed by atoms with van der Waals surface area (Å²) >= 11 is 0. The molecule has 2 atom stereocenters. The Hall–Kier alpha value is -1.81. The molecule has 106 valence electrons. The number of nitrogen functional groups attached to an aromatic ring is 1. The van der Waals surface area contributed by atoms with Crippen LogP contribution in [0.15, 0.2) is 36.7 Å². The second-order valence-corrected chi connectivity index (χ2v) is 5.46. The van der Waals surface area contributed by atoms with Gasteiger partial charge in [0, 0.05) is 36.8 Å². The summed E-state index contributed by atoms with van der Waals surface area (Å²) < 4.78 is 7.81. The first kappa shape index (κ1) is 13.2. The molecule has 2 unspecified atom stereocenters. The van der Waals surface area contributed by atoms with E-state index in [1.54, 1.807) is 7.11 Å². The van der Waals surface area contributed by atoms with Gasteiger partial charge >= 0.3 is 0 Å². The predicted octanol–water partition coefficient (Wildman–Crippen LogP) is 3.26. The summed E-state index contributed by atoms with van der Waals surface area (Å²) in [5.74, 6) is 0.999. The lowest BCUT2D eigenvalue weighted by Gasteiger charge is -2.30. The molecule has 1 aromatic heterocycles. The van der Waals surface area contributed by atoms with Crippen LogP contribution < -0.4 is 5.73 Å². The van der Waals surface area contributed by atoms with E-state index in [0.29, 0.717) is 12.1 Å². The second kappa shape index (κ2) is 5.67. The van der Waals surface area contributed by atoms with E-state index in [9.17, 15) is 0 Å². The van der Waals surface area contributed by atoms with Gasteiger partial charge in [-0.05, 0) is 37.8 Å². The Morgan fingerprint density at radius 1 is 1.35 bits per heavy atom. The van der Waals surface area contributed by atoms with Crippen LogP contribution in [0.25, 0.3) is 11.4 Å². The van der Waals surface area contributed by atoms with Crippen molar-refractivity contribution >= 4 is 5.69 Å². The van der Waals surface area contributed by atoms with Crippen molar-refractivity contribution in [3.05, 3.63) is 36.7 Å². The molecule has 0 aliphatic heterocycles. The molecule has 1 heterocycles. The summed E-state index contributed by atoms with van der Waals surface area (Å²) in [6, 6.07) is 8.38. The van der Waals surface area contributed by atoms with Gasteiger partial charge in [-0.2, -0.15) is 0 Å². The molecule has 20 heavy (non-hydrogen) atoms. The number of imidazole rings is 1. The van der Waals surface area contributed by atoms with Crippen molar-refractivity contribution in [2.45, 2.75) is 37.8 Å². The van der Waals surface area contributed by atoms with E-state index < -0.39 is 0 Å². The molecule has 1 aliphatic carbocycles. The third-order valence-corrected chi connectivity index (χ3v) is 4.14. The van der Waals surface area contributed by atoms with Crippen LogP contribution in [0.3, 0.4) is 0 Å². The summed E-state index contributed by atoms with van der Waals surface area (Å²) in [5, 5.41) is 0. The highest BCUT2D eigenvalue weighted by atomic mass is 16.5. The van der Waals surface area contributed by atoms with E-state index in [4.69, 9.17) is 10.5 Å². The first-order chi connectivity index (χ1) is 9.78. The average Bonchev–Trinajstić information content (AvgIpc) is 2.97. The van der Waals surface area contributed by atoms with Gasteiger partial charge in [0.2, 0.25) is 0 Å². The molecule has 1 fully saturated rings. The van der Waals surface area contributed by atoms with Crippen LogP contribution in [0.1, 0.15) is 31.7 Å². The molecule has 3 rings (SSSR count). The largest absolute Gasteiger partial charge is 0.399 e. The molecule has 0 spiro atoms. The maximum atomic E-state index is 5.88. The first-order valence-corrected chi connectivity index (χ1v) is 7.19. The van der Waals surface area contributed by atoms with Crippen molar-refractivity contribution in [3.63, 3.8) is 0 Å². The van der Waals surface area contributed by atoms with E-state index in [1.807, 2.05) is 24.4 Å². The Morgan fingerprint density at radius 3 is 3.05 bits per heavy atom. The number of methoxy groups -OCH3 is 1. The number of benzene rings is 1. The standard InChI is InChI=1S/C16H21N3O/c1-20-15-7-3-6-14(11-15)19-9-8-18-16(19)12-4-2-5-13(17)10-12/h2,4-5,8-10,14-15H,3,6-7,11,17H2,1H3. The number of aromatic nitrogens is 2. The third kappa shape index (κ3) is 2.56. The smallest absolute Gasteiger partial charge is 0.140 e. The number of rotatable bonds is 3. The van der Waals surface area contributed by atoms with Crippen LogP contribution in [0.2, 0.25) is 0 Å².